The molecule has 1 aliphatic carbocycles. The fraction of sp³-hybridized carbons (Fsp3) is 1.00. The summed E-state index contributed by atoms with van der Waals surface area (Å²) in [6.07, 6.45) is 13.8. The van der Waals surface area contributed by atoms with E-state index >= 15 is 0 Å². The molecule has 0 amide bonds. The van der Waals surface area contributed by atoms with Crippen molar-refractivity contribution in [1.29, 1.82) is 0 Å². The summed E-state index contributed by atoms with van der Waals surface area (Å²) >= 11 is 0. The van der Waals surface area contributed by atoms with Gasteiger partial charge in [0.2, 0.25) is 0 Å². The average molecular weight is 970 g/mol. The molecule has 14 aliphatic heterocycles. The lowest BCUT2D eigenvalue weighted by Crippen LogP contribution is -2.68. The molecular formula is C54H108N14O. The van der Waals surface area contributed by atoms with Crippen LogP contribution in [0, 0.1) is 22.7 Å². The maximum atomic E-state index is 10.4. The number of piperazine rings is 5. The summed E-state index contributed by atoms with van der Waals surface area (Å²) < 4.78 is 0. The highest BCUT2D eigenvalue weighted by Crippen LogP contribution is 2.44. The van der Waals surface area contributed by atoms with Crippen LogP contribution in [0.2, 0.25) is 0 Å². The van der Waals surface area contributed by atoms with Gasteiger partial charge in [0.25, 0.3) is 0 Å². The lowest BCUT2D eigenvalue weighted by molar-refractivity contribution is -0.165. The summed E-state index contributed by atoms with van der Waals surface area (Å²) in [7, 11) is 17.7. The van der Waals surface area contributed by atoms with E-state index in [2.05, 4.69) is 143 Å². The van der Waals surface area contributed by atoms with E-state index in [1.165, 1.54) is 149 Å². The number of piperidine rings is 5. The van der Waals surface area contributed by atoms with Crippen LogP contribution in [0.1, 0.15) is 85.0 Å². The molecule has 0 aromatic carbocycles. The van der Waals surface area contributed by atoms with Crippen LogP contribution < -0.4 is 27.0 Å². The third-order valence-electron chi connectivity index (χ3n) is 20.1. The number of likely N-dealkylation sites (tertiary alicyclic amines) is 7. The first-order chi connectivity index (χ1) is 32.9. The molecule has 15 aliphatic rings. The Hall–Kier alpha value is -0.600. The summed E-state index contributed by atoms with van der Waals surface area (Å²) in [4.78, 5) is 22.1. The van der Waals surface area contributed by atoms with Gasteiger partial charge in [-0.15, -0.1) is 0 Å². The van der Waals surface area contributed by atoms with Gasteiger partial charge >= 0.3 is 0 Å². The molecule has 0 aromatic heterocycles. The monoisotopic (exact) mass is 969 g/mol. The van der Waals surface area contributed by atoms with E-state index in [4.69, 9.17) is 5.73 Å². The van der Waals surface area contributed by atoms with Crippen LogP contribution in [0.25, 0.3) is 0 Å². The molecule has 1 saturated carbocycles. The van der Waals surface area contributed by atoms with Crippen molar-refractivity contribution in [3.8, 4) is 0 Å². The van der Waals surface area contributed by atoms with Crippen LogP contribution in [0.3, 0.4) is 0 Å². The highest BCUT2D eigenvalue weighted by atomic mass is 16.3. The molecule has 15 rings (SSSR count). The molecule has 7 N–H and O–H groups in total. The fourth-order valence-corrected chi connectivity index (χ4v) is 16.4. The second-order valence-electron chi connectivity index (χ2n) is 26.3. The van der Waals surface area contributed by atoms with Crippen molar-refractivity contribution in [2.24, 2.45) is 28.4 Å². The average Bonchev–Trinajstić information content (AvgIpc) is 4.19. The molecule has 12 atom stereocenters. The number of hydrogen-bond acceptors (Lipinski definition) is 15. The summed E-state index contributed by atoms with van der Waals surface area (Å²) in [5.74, 6) is 1.62. The van der Waals surface area contributed by atoms with Gasteiger partial charge in [0.1, 0.15) is 0 Å². The molecule has 14 saturated heterocycles. The largest absolute Gasteiger partial charge is 0.392 e. The fourth-order valence-electron chi connectivity index (χ4n) is 16.4. The quantitative estimate of drug-likeness (QED) is 0.222. The van der Waals surface area contributed by atoms with Crippen LogP contribution in [0.4, 0.5) is 0 Å². The van der Waals surface area contributed by atoms with Crippen LogP contribution in [0.5, 0.6) is 0 Å². The zero-order chi connectivity index (χ0) is 49.2. The lowest BCUT2D eigenvalue weighted by atomic mass is 9.63. The van der Waals surface area contributed by atoms with Gasteiger partial charge in [0, 0.05) is 182 Å². The minimum absolute atomic E-state index is 0.0503. The van der Waals surface area contributed by atoms with Crippen molar-refractivity contribution >= 4 is 0 Å². The molecular weight excluding hydrogens is 861 g/mol. The van der Waals surface area contributed by atoms with Crippen molar-refractivity contribution in [2.45, 2.75) is 158 Å². The van der Waals surface area contributed by atoms with Gasteiger partial charge in [-0.05, 0) is 139 Å². The highest BCUT2D eigenvalue weighted by Gasteiger charge is 2.54. The predicted octanol–water partition coefficient (Wildman–Crippen LogP) is 0.750. The number of hydrogen-bond donors (Lipinski definition) is 6. The molecule has 14 heterocycles. The SMILES string of the molecule is CCN1CC2CC1CN2C.CN1C2CCC1CNC2.CN1CC2(C)CN(C)CC(C)(C1)C2O.CN1CC2CC1CN2.CN1CC2CCC(C1)C2N.CN1CC2CCC(C1)N2.CN1CC2CCC1CN2. The summed E-state index contributed by atoms with van der Waals surface area (Å²) in [5, 5.41) is 24.4. The van der Waals surface area contributed by atoms with Crippen molar-refractivity contribution in [3.63, 3.8) is 0 Å². The number of aliphatic hydroxyl groups is 1. The maximum Gasteiger partial charge on any atom is 0.0696 e. The Morgan fingerprint density at radius 3 is 1.35 bits per heavy atom. The van der Waals surface area contributed by atoms with Crippen molar-refractivity contribution in [3.05, 3.63) is 0 Å². The first-order valence-corrected chi connectivity index (χ1v) is 28.6. The van der Waals surface area contributed by atoms with E-state index in [0.717, 1.165) is 98.4 Å². The summed E-state index contributed by atoms with van der Waals surface area (Å²) in [6, 6.07) is 8.95. The van der Waals surface area contributed by atoms with Gasteiger partial charge in [0.05, 0.1) is 6.10 Å². The lowest BCUT2D eigenvalue weighted by Gasteiger charge is -2.58. The number of nitrogens with two attached hydrogens (primary N) is 1. The van der Waals surface area contributed by atoms with Gasteiger partial charge in [0.15, 0.2) is 0 Å². The Morgan fingerprint density at radius 1 is 0.478 bits per heavy atom. The normalized spacial score (nSPS) is 45.7. The number of aliphatic hydroxyl groups excluding tert-OH is 1. The van der Waals surface area contributed by atoms with Crippen molar-refractivity contribution < 1.29 is 5.11 Å². The topological polar surface area (TPSA) is 124 Å². The van der Waals surface area contributed by atoms with E-state index in [-0.39, 0.29) is 16.9 Å². The number of rotatable bonds is 1. The standard InChI is InChI=1S/C11H22N2O.2C8H16N2.3C7H14N2.C6H12N2/c1-10-5-12(3)7-11(2,9(10)14)8-13(4)6-10;1-10-4-6-2-3-7(5-10)8(6)9;1-3-10-6-7-4-8(10)5-9(7)2;1-9-5-6-2-3-7(9)4-8-6;1-9-4-6-2-3-7(5-9)8-6;1-9-6-2-3-7(9)5-8-4-6;1-8-4-5-2-6(8)3-7-5/h9,14H,5-8H2,1-4H3;6-8H,2-5,9H2,1H3;7-8H,3-6H2,1-2H3;3*6-8H,2-5H2,1H3;5-7H,2-4H2,1H3. The summed E-state index contributed by atoms with van der Waals surface area (Å²) in [6.45, 7) is 27.0. The molecule has 69 heavy (non-hydrogen) atoms. The number of fused-ring (bicyclic) bond motifs is 15. The zero-order valence-corrected chi connectivity index (χ0v) is 46.2. The highest BCUT2D eigenvalue weighted by molar-refractivity contribution is 5.07. The van der Waals surface area contributed by atoms with E-state index < -0.39 is 0 Å². The minimum Gasteiger partial charge on any atom is -0.392 e. The Labute approximate surface area is 422 Å². The molecule has 14 bridgehead atoms. The summed E-state index contributed by atoms with van der Waals surface area (Å²) in [5.41, 5.74) is 6.12. The third kappa shape index (κ3) is 13.6. The van der Waals surface area contributed by atoms with Gasteiger partial charge in [-0.3, -0.25) is 9.80 Å². The number of nitrogens with one attached hydrogen (secondary N) is 4. The molecule has 15 fully saturated rings. The molecule has 0 spiro atoms. The molecule has 12 unspecified atom stereocenters. The maximum absolute atomic E-state index is 10.4. The minimum atomic E-state index is -0.151. The molecule has 400 valence electrons. The van der Waals surface area contributed by atoms with E-state index in [9.17, 15) is 5.11 Å². The van der Waals surface area contributed by atoms with E-state index in [1.807, 2.05) is 0 Å². The molecule has 0 radical (unpaired) electrons. The Bertz CT molecular complexity index is 1480. The third-order valence-corrected chi connectivity index (χ3v) is 20.1. The van der Waals surface area contributed by atoms with Crippen LogP contribution in [0.15, 0.2) is 0 Å². The predicted molar refractivity (Wildman–Crippen MR) is 286 cm³/mol. The molecule has 15 heteroatoms. The second-order valence-corrected chi connectivity index (χ2v) is 26.3. The van der Waals surface area contributed by atoms with Gasteiger partial charge in [-0.1, -0.05) is 20.8 Å². The molecule has 0 aromatic rings. The van der Waals surface area contributed by atoms with Crippen molar-refractivity contribution in [1.82, 2.24) is 65.4 Å². The van der Waals surface area contributed by atoms with Crippen LogP contribution >= 0.6 is 0 Å². The zero-order valence-electron chi connectivity index (χ0n) is 46.2. The Morgan fingerprint density at radius 2 is 0.971 bits per heavy atom. The first-order valence-electron chi connectivity index (χ1n) is 28.6. The van der Waals surface area contributed by atoms with E-state index in [1.54, 1.807) is 0 Å². The Balaban J connectivity index is 0.000000109. The van der Waals surface area contributed by atoms with E-state index in [0.29, 0.717) is 6.04 Å². The van der Waals surface area contributed by atoms with Gasteiger partial charge in [-0.2, -0.15) is 0 Å². The smallest absolute Gasteiger partial charge is 0.0696 e. The van der Waals surface area contributed by atoms with Crippen LogP contribution in [-0.2, 0) is 0 Å². The second kappa shape index (κ2) is 23.9. The van der Waals surface area contributed by atoms with Crippen LogP contribution in [-0.4, -0.2) is 289 Å². The van der Waals surface area contributed by atoms with Gasteiger partial charge < -0.3 is 66.4 Å². The first kappa shape index (κ1) is 54.7. The van der Waals surface area contributed by atoms with Crippen molar-refractivity contribution in [2.75, 3.05) is 168 Å². The Kier molecular flexibility index (Phi) is 19.0. The number of nitrogens with zero attached hydrogens (tertiary/aromatic N) is 9. The number of likely N-dealkylation sites (N-methyl/N-ethyl adjacent to an activating group) is 6. The molecule has 15 nitrogen and oxygen atoms in total. The van der Waals surface area contributed by atoms with Gasteiger partial charge in [-0.25, -0.2) is 0 Å².